The van der Waals surface area contributed by atoms with Crippen molar-refractivity contribution in [3.05, 3.63) is 70.3 Å². The predicted octanol–water partition coefficient (Wildman–Crippen LogP) is 7.45. The van der Waals surface area contributed by atoms with Crippen molar-refractivity contribution >= 4 is 11.5 Å². The Kier molecular flexibility index (Phi) is 9.78. The highest BCUT2D eigenvalue weighted by Gasteiger charge is 2.32. The van der Waals surface area contributed by atoms with Crippen LogP contribution < -0.4 is 4.74 Å². The van der Waals surface area contributed by atoms with Crippen LogP contribution in [-0.2, 0) is 14.9 Å². The number of aliphatic hydroxyl groups excluding tert-OH is 1. The SMILES string of the molecule is CCC(=CC(O)CC)c1ccc(C(CC)(CC)c2ccc(OC[C@H]3CCCC(=O)O3)c(C)c2)cc1C. The molecule has 3 rings (SSSR count). The zero-order valence-electron chi connectivity index (χ0n) is 23.0. The molecule has 36 heavy (non-hydrogen) atoms. The van der Waals surface area contributed by atoms with Crippen molar-refractivity contribution in [2.24, 2.45) is 0 Å². The number of carbonyl (C=O) groups is 1. The quantitative estimate of drug-likeness (QED) is 0.331. The third kappa shape index (κ3) is 6.21. The van der Waals surface area contributed by atoms with Crippen molar-refractivity contribution in [2.75, 3.05) is 6.61 Å². The van der Waals surface area contributed by atoms with E-state index in [0.717, 1.165) is 49.8 Å². The third-order valence-corrected chi connectivity index (χ3v) is 7.88. The van der Waals surface area contributed by atoms with Crippen molar-refractivity contribution in [3.8, 4) is 5.75 Å². The molecule has 0 amide bonds. The molecule has 196 valence electrons. The maximum absolute atomic E-state index is 11.6. The summed E-state index contributed by atoms with van der Waals surface area (Å²) in [4.78, 5) is 11.6. The standard InChI is InChI=1S/C32H44O4/c1-7-24(20-27(33)8-2)29-16-14-25(18-22(29)5)32(9-3,10-4)26-15-17-30(23(6)19-26)35-21-28-12-11-13-31(34)36-28/h14-20,27-28,33H,7-13,21H2,1-6H3/t27?,28-/m1/s1. The summed E-state index contributed by atoms with van der Waals surface area (Å²) in [7, 11) is 0. The third-order valence-electron chi connectivity index (χ3n) is 7.88. The van der Waals surface area contributed by atoms with Crippen LogP contribution in [-0.4, -0.2) is 29.9 Å². The molecule has 1 N–H and O–H groups in total. The number of esters is 1. The summed E-state index contributed by atoms with van der Waals surface area (Å²) >= 11 is 0. The van der Waals surface area contributed by atoms with Gasteiger partial charge in [0.15, 0.2) is 0 Å². The molecule has 0 radical (unpaired) electrons. The highest BCUT2D eigenvalue weighted by molar-refractivity contribution is 5.70. The maximum Gasteiger partial charge on any atom is 0.306 e. The van der Waals surface area contributed by atoms with Gasteiger partial charge in [0.1, 0.15) is 18.5 Å². The average Bonchev–Trinajstić information content (AvgIpc) is 2.88. The van der Waals surface area contributed by atoms with Gasteiger partial charge in [0.25, 0.3) is 0 Å². The van der Waals surface area contributed by atoms with Crippen molar-refractivity contribution < 1.29 is 19.4 Å². The molecule has 2 aromatic rings. The molecular weight excluding hydrogens is 448 g/mol. The van der Waals surface area contributed by atoms with Crippen LogP contribution in [0.5, 0.6) is 5.75 Å². The Morgan fingerprint density at radius 3 is 2.31 bits per heavy atom. The highest BCUT2D eigenvalue weighted by Crippen LogP contribution is 2.41. The van der Waals surface area contributed by atoms with Crippen LogP contribution in [0.3, 0.4) is 0 Å². The van der Waals surface area contributed by atoms with E-state index >= 15 is 0 Å². The largest absolute Gasteiger partial charge is 0.489 e. The summed E-state index contributed by atoms with van der Waals surface area (Å²) in [5.41, 5.74) is 7.28. The van der Waals surface area contributed by atoms with Crippen LogP contribution in [0, 0.1) is 13.8 Å². The Morgan fingerprint density at radius 2 is 1.75 bits per heavy atom. The molecule has 2 atom stereocenters. The van der Waals surface area contributed by atoms with Gasteiger partial charge in [-0.05, 0) is 91.8 Å². The fraction of sp³-hybridized carbons (Fsp3) is 0.531. The van der Waals surface area contributed by atoms with Gasteiger partial charge in [-0.25, -0.2) is 0 Å². The first-order valence-corrected chi connectivity index (χ1v) is 13.7. The number of cyclic esters (lactones) is 1. The minimum atomic E-state index is -0.404. The van der Waals surface area contributed by atoms with Gasteiger partial charge >= 0.3 is 5.97 Å². The number of hydrogen-bond acceptors (Lipinski definition) is 4. The summed E-state index contributed by atoms with van der Waals surface area (Å²) in [6.07, 6.45) is 7.28. The summed E-state index contributed by atoms with van der Waals surface area (Å²) in [6, 6.07) is 13.4. The highest BCUT2D eigenvalue weighted by atomic mass is 16.6. The van der Waals surface area contributed by atoms with Crippen LogP contribution >= 0.6 is 0 Å². The summed E-state index contributed by atoms with van der Waals surface area (Å²) in [5, 5.41) is 10.2. The second-order valence-corrected chi connectivity index (χ2v) is 10.1. The normalized spacial score (nSPS) is 17.6. The number of aliphatic hydroxyl groups is 1. The van der Waals surface area contributed by atoms with Crippen LogP contribution in [0.15, 0.2) is 42.5 Å². The zero-order valence-corrected chi connectivity index (χ0v) is 23.0. The molecular formula is C32H44O4. The van der Waals surface area contributed by atoms with Crippen molar-refractivity contribution in [2.45, 2.75) is 104 Å². The lowest BCUT2D eigenvalue weighted by Gasteiger charge is -2.34. The van der Waals surface area contributed by atoms with E-state index in [-0.39, 0.29) is 17.5 Å². The molecule has 1 unspecified atom stereocenters. The van der Waals surface area contributed by atoms with E-state index in [2.05, 4.69) is 71.0 Å². The number of hydrogen-bond donors (Lipinski definition) is 1. The Morgan fingerprint density at radius 1 is 1.08 bits per heavy atom. The van der Waals surface area contributed by atoms with E-state index in [1.54, 1.807) is 0 Å². The lowest BCUT2D eigenvalue weighted by atomic mass is 9.69. The Labute approximate surface area is 217 Å². The molecule has 1 aliphatic rings. The van der Waals surface area contributed by atoms with Gasteiger partial charge in [0, 0.05) is 11.8 Å². The van der Waals surface area contributed by atoms with E-state index in [9.17, 15) is 9.90 Å². The van der Waals surface area contributed by atoms with E-state index in [1.165, 1.54) is 27.8 Å². The summed E-state index contributed by atoms with van der Waals surface area (Å²) < 4.78 is 11.5. The first-order chi connectivity index (χ1) is 17.3. The predicted molar refractivity (Wildman–Crippen MR) is 148 cm³/mol. The molecule has 0 aromatic heterocycles. The van der Waals surface area contributed by atoms with E-state index < -0.39 is 6.10 Å². The van der Waals surface area contributed by atoms with Crippen molar-refractivity contribution in [3.63, 3.8) is 0 Å². The number of ether oxygens (including phenoxy) is 2. The lowest BCUT2D eigenvalue weighted by molar-refractivity contribution is -0.155. The molecule has 1 fully saturated rings. The Bertz CT molecular complexity index is 1060. The zero-order chi connectivity index (χ0) is 26.3. The molecule has 1 heterocycles. The maximum atomic E-state index is 11.6. The molecule has 0 spiro atoms. The topological polar surface area (TPSA) is 55.8 Å². The molecule has 0 bridgehead atoms. The minimum absolute atomic E-state index is 0.0928. The van der Waals surface area contributed by atoms with E-state index in [0.29, 0.717) is 13.0 Å². The molecule has 4 nitrogen and oxygen atoms in total. The van der Waals surface area contributed by atoms with Gasteiger partial charge in [-0.1, -0.05) is 64.1 Å². The van der Waals surface area contributed by atoms with Gasteiger partial charge in [0.2, 0.25) is 0 Å². The minimum Gasteiger partial charge on any atom is -0.489 e. The second kappa shape index (κ2) is 12.6. The fourth-order valence-corrected chi connectivity index (χ4v) is 5.49. The molecule has 1 saturated heterocycles. The van der Waals surface area contributed by atoms with Crippen LogP contribution in [0.1, 0.15) is 100 Å². The van der Waals surface area contributed by atoms with Crippen LogP contribution in [0.2, 0.25) is 0 Å². The van der Waals surface area contributed by atoms with Crippen molar-refractivity contribution in [1.29, 1.82) is 0 Å². The number of aryl methyl sites for hydroxylation is 2. The van der Waals surface area contributed by atoms with Gasteiger partial charge in [-0.15, -0.1) is 0 Å². The van der Waals surface area contributed by atoms with Gasteiger partial charge in [-0.3, -0.25) is 4.79 Å². The number of rotatable bonds is 11. The monoisotopic (exact) mass is 492 g/mol. The number of benzene rings is 2. The summed E-state index contributed by atoms with van der Waals surface area (Å²) in [5.74, 6) is 0.724. The number of allylic oxidation sites excluding steroid dienone is 1. The van der Waals surface area contributed by atoms with Gasteiger partial charge in [0.05, 0.1) is 6.10 Å². The average molecular weight is 493 g/mol. The smallest absolute Gasteiger partial charge is 0.306 e. The van der Waals surface area contributed by atoms with E-state index in [4.69, 9.17) is 9.47 Å². The number of carbonyl (C=O) groups excluding carboxylic acids is 1. The Balaban J connectivity index is 1.88. The molecule has 0 aliphatic carbocycles. The molecule has 0 saturated carbocycles. The summed E-state index contributed by atoms with van der Waals surface area (Å²) in [6.45, 7) is 13.3. The molecule has 4 heteroatoms. The lowest BCUT2D eigenvalue weighted by Crippen LogP contribution is -2.29. The molecule has 2 aromatic carbocycles. The van der Waals surface area contributed by atoms with E-state index in [1.807, 2.05) is 13.0 Å². The van der Waals surface area contributed by atoms with Crippen LogP contribution in [0.4, 0.5) is 0 Å². The first-order valence-electron chi connectivity index (χ1n) is 13.7. The van der Waals surface area contributed by atoms with Gasteiger partial charge < -0.3 is 14.6 Å². The van der Waals surface area contributed by atoms with Crippen molar-refractivity contribution in [1.82, 2.24) is 0 Å². The van der Waals surface area contributed by atoms with Crippen LogP contribution in [0.25, 0.3) is 5.57 Å². The molecule has 1 aliphatic heterocycles. The first kappa shape index (κ1) is 28.0. The van der Waals surface area contributed by atoms with Gasteiger partial charge in [-0.2, -0.15) is 0 Å². The fourth-order valence-electron chi connectivity index (χ4n) is 5.49. The Hall–Kier alpha value is -2.59. The second-order valence-electron chi connectivity index (χ2n) is 10.1.